The maximum Gasteiger partial charge on any atom is 0.265 e. The molecule has 0 saturated heterocycles. The molecule has 1 heterocycles. The molecule has 1 aromatic carbocycles. The predicted octanol–water partition coefficient (Wildman–Crippen LogP) is 4.40. The Kier molecular flexibility index (Phi) is 4.17. The van der Waals surface area contributed by atoms with E-state index in [1.54, 1.807) is 30.3 Å². The second kappa shape index (κ2) is 5.65. The molecule has 1 aromatic heterocycles. The summed E-state index contributed by atoms with van der Waals surface area (Å²) < 4.78 is 1.72. The summed E-state index contributed by atoms with van der Waals surface area (Å²) in [5.74, 6) is -0.193. The van der Waals surface area contributed by atoms with Gasteiger partial charge >= 0.3 is 0 Å². The van der Waals surface area contributed by atoms with Crippen molar-refractivity contribution in [2.45, 2.75) is 0 Å². The molecule has 90 valence electrons. The molecular formula is C12H6Br2N2OS. The first-order valence-electron chi connectivity index (χ1n) is 4.86. The Bertz CT molecular complexity index is 626. The summed E-state index contributed by atoms with van der Waals surface area (Å²) in [7, 11) is 0. The van der Waals surface area contributed by atoms with Gasteiger partial charge in [0, 0.05) is 10.2 Å². The van der Waals surface area contributed by atoms with Gasteiger partial charge in [-0.1, -0.05) is 6.07 Å². The van der Waals surface area contributed by atoms with Crippen molar-refractivity contribution < 1.29 is 4.79 Å². The SMILES string of the molecule is N#Cc1cccc(NC(=O)c2cc(Br)c(Br)s2)c1. The highest BCUT2D eigenvalue weighted by Crippen LogP contribution is 2.32. The van der Waals surface area contributed by atoms with Crippen molar-refractivity contribution in [3.8, 4) is 6.07 Å². The lowest BCUT2D eigenvalue weighted by molar-refractivity contribution is 0.103. The van der Waals surface area contributed by atoms with Crippen molar-refractivity contribution in [3.05, 3.63) is 49.0 Å². The van der Waals surface area contributed by atoms with Crippen LogP contribution in [0.2, 0.25) is 0 Å². The number of rotatable bonds is 2. The maximum absolute atomic E-state index is 12.0. The van der Waals surface area contributed by atoms with Crippen LogP contribution in [-0.4, -0.2) is 5.91 Å². The first-order valence-corrected chi connectivity index (χ1v) is 7.27. The van der Waals surface area contributed by atoms with Crippen LogP contribution in [0.1, 0.15) is 15.2 Å². The third-order valence-corrected chi connectivity index (χ3v) is 5.37. The molecule has 0 aliphatic rings. The number of amides is 1. The number of benzene rings is 1. The fraction of sp³-hybridized carbons (Fsp3) is 0. The van der Waals surface area contributed by atoms with Crippen LogP contribution in [0, 0.1) is 11.3 Å². The number of anilines is 1. The smallest absolute Gasteiger partial charge is 0.265 e. The second-order valence-electron chi connectivity index (χ2n) is 3.38. The lowest BCUT2D eigenvalue weighted by atomic mass is 10.2. The molecule has 0 unspecified atom stereocenters. The largest absolute Gasteiger partial charge is 0.321 e. The van der Waals surface area contributed by atoms with E-state index in [-0.39, 0.29) is 5.91 Å². The normalized spacial score (nSPS) is 9.83. The third-order valence-electron chi connectivity index (χ3n) is 2.12. The number of nitrogens with zero attached hydrogens (tertiary/aromatic N) is 1. The van der Waals surface area contributed by atoms with Gasteiger partial charge in [-0.25, -0.2) is 0 Å². The van der Waals surface area contributed by atoms with E-state index in [0.717, 1.165) is 8.26 Å². The second-order valence-corrected chi connectivity index (χ2v) is 6.60. The minimum atomic E-state index is -0.193. The van der Waals surface area contributed by atoms with Crippen LogP contribution < -0.4 is 5.32 Å². The summed E-state index contributed by atoms with van der Waals surface area (Å²) >= 11 is 8.02. The highest BCUT2D eigenvalue weighted by molar-refractivity contribution is 9.13. The van der Waals surface area contributed by atoms with Gasteiger partial charge in [0.05, 0.1) is 20.3 Å². The van der Waals surface area contributed by atoms with Crippen molar-refractivity contribution in [2.75, 3.05) is 5.32 Å². The van der Waals surface area contributed by atoms with Gasteiger partial charge in [0.2, 0.25) is 0 Å². The number of hydrogen-bond acceptors (Lipinski definition) is 3. The van der Waals surface area contributed by atoms with E-state index >= 15 is 0 Å². The number of carbonyl (C=O) groups excluding carboxylic acids is 1. The van der Waals surface area contributed by atoms with Crippen LogP contribution in [0.3, 0.4) is 0 Å². The average molecular weight is 386 g/mol. The minimum absolute atomic E-state index is 0.193. The molecule has 3 nitrogen and oxygen atoms in total. The number of halogens is 2. The number of thiophene rings is 1. The Balaban J connectivity index is 2.19. The van der Waals surface area contributed by atoms with Gasteiger partial charge in [0.15, 0.2) is 0 Å². The van der Waals surface area contributed by atoms with Gasteiger partial charge in [0.25, 0.3) is 5.91 Å². The van der Waals surface area contributed by atoms with Crippen LogP contribution in [0.4, 0.5) is 5.69 Å². The van der Waals surface area contributed by atoms with Gasteiger partial charge in [-0.2, -0.15) is 5.26 Å². The first kappa shape index (κ1) is 13.3. The molecule has 0 spiro atoms. The molecule has 0 atom stereocenters. The Morgan fingerprint density at radius 2 is 2.11 bits per heavy atom. The van der Waals surface area contributed by atoms with Crippen LogP contribution in [0.25, 0.3) is 0 Å². The third kappa shape index (κ3) is 2.99. The molecule has 2 rings (SSSR count). The monoisotopic (exact) mass is 384 g/mol. The Morgan fingerprint density at radius 1 is 1.33 bits per heavy atom. The highest BCUT2D eigenvalue weighted by atomic mass is 79.9. The topological polar surface area (TPSA) is 52.9 Å². The molecule has 2 aromatic rings. The van der Waals surface area contributed by atoms with Gasteiger partial charge in [-0.15, -0.1) is 11.3 Å². The van der Waals surface area contributed by atoms with Crippen molar-refractivity contribution in [1.82, 2.24) is 0 Å². The van der Waals surface area contributed by atoms with E-state index in [9.17, 15) is 4.79 Å². The zero-order valence-corrected chi connectivity index (χ0v) is 12.9. The van der Waals surface area contributed by atoms with Crippen LogP contribution >= 0.6 is 43.2 Å². The summed E-state index contributed by atoms with van der Waals surface area (Å²) in [6, 6.07) is 10.6. The lowest BCUT2D eigenvalue weighted by Crippen LogP contribution is -2.10. The van der Waals surface area contributed by atoms with E-state index in [2.05, 4.69) is 37.2 Å². The average Bonchev–Trinajstić information content (AvgIpc) is 2.70. The molecule has 0 radical (unpaired) electrons. The Morgan fingerprint density at radius 3 is 2.72 bits per heavy atom. The molecule has 0 bridgehead atoms. The van der Waals surface area contributed by atoms with Gasteiger partial charge in [0.1, 0.15) is 0 Å². The van der Waals surface area contributed by atoms with Gasteiger partial charge < -0.3 is 5.32 Å². The number of nitrogens with one attached hydrogen (secondary N) is 1. The first-order chi connectivity index (χ1) is 8.60. The van der Waals surface area contributed by atoms with Gasteiger partial charge in [-0.3, -0.25) is 4.79 Å². The number of carbonyl (C=O) groups is 1. The lowest BCUT2D eigenvalue weighted by Gasteiger charge is -2.03. The Labute approximate surface area is 125 Å². The van der Waals surface area contributed by atoms with Gasteiger partial charge in [-0.05, 0) is 56.1 Å². The molecule has 1 N–H and O–H groups in total. The Hall–Kier alpha value is -1.16. The molecule has 18 heavy (non-hydrogen) atoms. The fourth-order valence-electron chi connectivity index (χ4n) is 1.32. The molecule has 0 fully saturated rings. The van der Waals surface area contributed by atoms with E-state index in [4.69, 9.17) is 5.26 Å². The highest BCUT2D eigenvalue weighted by Gasteiger charge is 2.12. The van der Waals surface area contributed by atoms with Crippen LogP contribution in [-0.2, 0) is 0 Å². The summed E-state index contributed by atoms with van der Waals surface area (Å²) in [4.78, 5) is 12.5. The minimum Gasteiger partial charge on any atom is -0.321 e. The summed E-state index contributed by atoms with van der Waals surface area (Å²) in [6.45, 7) is 0. The molecule has 0 aliphatic heterocycles. The zero-order valence-electron chi connectivity index (χ0n) is 8.91. The summed E-state index contributed by atoms with van der Waals surface area (Å²) in [5, 5.41) is 11.5. The molecule has 0 aliphatic carbocycles. The van der Waals surface area contributed by atoms with Crippen LogP contribution in [0.15, 0.2) is 38.6 Å². The van der Waals surface area contributed by atoms with Crippen molar-refractivity contribution in [1.29, 1.82) is 5.26 Å². The van der Waals surface area contributed by atoms with Crippen LogP contribution in [0.5, 0.6) is 0 Å². The molecule has 6 heteroatoms. The number of nitriles is 1. The molecule has 1 amide bonds. The molecular weight excluding hydrogens is 380 g/mol. The summed E-state index contributed by atoms with van der Waals surface area (Å²) in [5.41, 5.74) is 1.13. The zero-order chi connectivity index (χ0) is 13.1. The summed E-state index contributed by atoms with van der Waals surface area (Å²) in [6.07, 6.45) is 0. The van der Waals surface area contributed by atoms with E-state index in [1.165, 1.54) is 11.3 Å². The van der Waals surface area contributed by atoms with E-state index in [1.807, 2.05) is 6.07 Å². The maximum atomic E-state index is 12.0. The number of hydrogen-bond donors (Lipinski definition) is 1. The predicted molar refractivity (Wildman–Crippen MR) is 78.8 cm³/mol. The quantitative estimate of drug-likeness (QED) is 0.832. The van der Waals surface area contributed by atoms with Crippen molar-refractivity contribution in [2.24, 2.45) is 0 Å². The van der Waals surface area contributed by atoms with E-state index in [0.29, 0.717) is 16.1 Å². The van der Waals surface area contributed by atoms with E-state index < -0.39 is 0 Å². The van der Waals surface area contributed by atoms with Crippen molar-refractivity contribution >= 4 is 54.8 Å². The molecule has 0 saturated carbocycles. The van der Waals surface area contributed by atoms with Crippen molar-refractivity contribution in [3.63, 3.8) is 0 Å². The standard InChI is InChI=1S/C12H6Br2N2OS/c13-9-5-10(18-11(9)14)12(17)16-8-3-1-2-7(4-8)6-15/h1-5H,(H,16,17). The fourth-order valence-corrected chi connectivity index (χ4v) is 3.25.